The average molecular weight is 447 g/mol. The van der Waals surface area contributed by atoms with E-state index in [1.54, 1.807) is 53.4 Å². The highest BCUT2D eigenvalue weighted by atomic mass is 32.2. The maximum absolute atomic E-state index is 13.4. The minimum absolute atomic E-state index is 0.120. The van der Waals surface area contributed by atoms with Crippen molar-refractivity contribution in [3.8, 4) is 5.75 Å². The third-order valence-electron chi connectivity index (χ3n) is 5.69. The molecule has 1 saturated heterocycles. The zero-order chi connectivity index (χ0) is 22.9. The Morgan fingerprint density at radius 2 is 1.90 bits per heavy atom. The number of sulfonamides is 1. The highest BCUT2D eigenvalue weighted by Gasteiger charge is 2.33. The van der Waals surface area contributed by atoms with Crippen molar-refractivity contribution in [2.45, 2.75) is 44.4 Å². The van der Waals surface area contributed by atoms with Gasteiger partial charge in [-0.15, -0.1) is 0 Å². The number of carbonyl (C=O) groups excluding carboxylic acids is 1. The van der Waals surface area contributed by atoms with Crippen molar-refractivity contribution < 1.29 is 17.9 Å². The molecule has 1 aliphatic rings. The maximum Gasteiger partial charge on any atom is 0.256 e. The van der Waals surface area contributed by atoms with Gasteiger partial charge in [0.25, 0.3) is 5.91 Å². The molecule has 1 fully saturated rings. The number of aryl methyl sites for hydroxylation is 3. The van der Waals surface area contributed by atoms with Gasteiger partial charge in [0.05, 0.1) is 23.3 Å². The Kier molecular flexibility index (Phi) is 6.66. The number of hydrogen-bond acceptors (Lipinski definition) is 6. The molecule has 0 bridgehead atoms. The van der Waals surface area contributed by atoms with Gasteiger partial charge < -0.3 is 9.64 Å². The van der Waals surface area contributed by atoms with Crippen LogP contribution in [0, 0.1) is 20.8 Å². The summed E-state index contributed by atoms with van der Waals surface area (Å²) >= 11 is 0. The predicted molar refractivity (Wildman–Crippen MR) is 118 cm³/mol. The summed E-state index contributed by atoms with van der Waals surface area (Å²) in [5, 5.41) is 0. The molecule has 1 aromatic heterocycles. The lowest BCUT2D eigenvalue weighted by Gasteiger charge is -2.32. The lowest BCUT2D eigenvalue weighted by molar-refractivity contribution is 0.0826. The summed E-state index contributed by atoms with van der Waals surface area (Å²) < 4.78 is 33.7. The van der Waals surface area contributed by atoms with Crippen molar-refractivity contribution in [2.24, 2.45) is 0 Å². The minimum atomic E-state index is -3.66. The van der Waals surface area contributed by atoms with Gasteiger partial charge in [-0.2, -0.15) is 4.31 Å². The second-order valence-electron chi connectivity index (χ2n) is 8.22. The zero-order valence-corrected chi connectivity index (χ0v) is 19.8. The van der Waals surface area contributed by atoms with E-state index in [1.807, 2.05) is 6.92 Å². The Hall–Kier alpha value is -2.52. The summed E-state index contributed by atoms with van der Waals surface area (Å²) in [6, 6.07) is 3.44. The number of ether oxygens (including phenoxy) is 1. The fraction of sp³-hybridized carbons (Fsp3) is 0.500. The van der Waals surface area contributed by atoms with Crippen molar-refractivity contribution in [2.75, 3.05) is 34.3 Å². The summed E-state index contributed by atoms with van der Waals surface area (Å²) in [4.78, 5) is 23.0. The molecule has 0 spiro atoms. The number of carbonyl (C=O) groups is 1. The van der Waals surface area contributed by atoms with E-state index < -0.39 is 10.0 Å². The van der Waals surface area contributed by atoms with Crippen LogP contribution in [0.3, 0.4) is 0 Å². The molecule has 9 heteroatoms. The highest BCUT2D eigenvalue weighted by molar-refractivity contribution is 7.89. The largest absolute Gasteiger partial charge is 0.496 e. The monoisotopic (exact) mass is 446 g/mol. The molecule has 8 nitrogen and oxygen atoms in total. The van der Waals surface area contributed by atoms with Crippen molar-refractivity contribution in [1.82, 2.24) is 19.2 Å². The van der Waals surface area contributed by atoms with Crippen molar-refractivity contribution in [3.05, 3.63) is 46.5 Å². The molecule has 168 valence electrons. The first kappa shape index (κ1) is 23.1. The van der Waals surface area contributed by atoms with Crippen LogP contribution in [-0.2, 0) is 10.0 Å². The molecule has 2 aromatic rings. The molecule has 1 aliphatic heterocycles. The van der Waals surface area contributed by atoms with E-state index in [0.29, 0.717) is 46.4 Å². The average Bonchev–Trinajstić information content (AvgIpc) is 2.74. The number of benzene rings is 1. The van der Waals surface area contributed by atoms with Crippen molar-refractivity contribution in [3.63, 3.8) is 0 Å². The molecule has 0 saturated carbocycles. The van der Waals surface area contributed by atoms with E-state index in [9.17, 15) is 13.2 Å². The molecule has 2 heterocycles. The summed E-state index contributed by atoms with van der Waals surface area (Å²) in [6.07, 6.45) is 3.07. The minimum Gasteiger partial charge on any atom is -0.496 e. The molecule has 1 amide bonds. The number of hydrogen-bond donors (Lipinski definition) is 0. The van der Waals surface area contributed by atoms with Crippen LogP contribution in [0.4, 0.5) is 0 Å². The van der Waals surface area contributed by atoms with Crippen LogP contribution in [-0.4, -0.2) is 67.8 Å². The number of aromatic nitrogens is 2. The Morgan fingerprint density at radius 1 is 1.19 bits per heavy atom. The van der Waals surface area contributed by atoms with Crippen LogP contribution in [0.1, 0.15) is 51.8 Å². The molecular weight excluding hydrogens is 416 g/mol. The maximum atomic E-state index is 13.4. The van der Waals surface area contributed by atoms with Gasteiger partial charge >= 0.3 is 0 Å². The summed E-state index contributed by atoms with van der Waals surface area (Å²) in [7, 11) is 1.28. The van der Waals surface area contributed by atoms with E-state index >= 15 is 0 Å². The zero-order valence-electron chi connectivity index (χ0n) is 19.0. The van der Waals surface area contributed by atoms with Gasteiger partial charge in [-0.1, -0.05) is 0 Å². The number of nitrogens with zero attached hydrogens (tertiary/aromatic N) is 4. The van der Waals surface area contributed by atoms with Crippen LogP contribution in [0.15, 0.2) is 23.2 Å². The van der Waals surface area contributed by atoms with Crippen molar-refractivity contribution in [1.29, 1.82) is 0 Å². The lowest BCUT2D eigenvalue weighted by atomic mass is 9.98. The fourth-order valence-corrected chi connectivity index (χ4v) is 5.72. The Labute approximate surface area is 184 Å². The summed E-state index contributed by atoms with van der Waals surface area (Å²) in [6.45, 7) is 6.17. The van der Waals surface area contributed by atoms with Crippen LogP contribution in [0.2, 0.25) is 0 Å². The van der Waals surface area contributed by atoms with Gasteiger partial charge in [-0.05, 0) is 56.9 Å². The number of methoxy groups -OCH3 is 1. The molecule has 3 rings (SSSR count). The van der Waals surface area contributed by atoms with Gasteiger partial charge in [0, 0.05) is 39.3 Å². The van der Waals surface area contributed by atoms with Crippen LogP contribution >= 0.6 is 0 Å². The molecule has 0 N–H and O–H groups in total. The molecule has 1 aromatic carbocycles. The molecule has 0 radical (unpaired) electrons. The first-order chi connectivity index (χ1) is 14.6. The van der Waals surface area contributed by atoms with E-state index in [1.165, 1.54) is 9.21 Å². The number of amides is 1. The Bertz CT molecular complexity index is 1100. The fourth-order valence-electron chi connectivity index (χ4n) is 3.90. The second kappa shape index (κ2) is 8.92. The quantitative estimate of drug-likeness (QED) is 0.701. The Morgan fingerprint density at radius 3 is 2.52 bits per heavy atom. The Balaban J connectivity index is 1.88. The second-order valence-corrected chi connectivity index (χ2v) is 10.1. The molecular formula is C22H30N4O4S. The van der Waals surface area contributed by atoms with Crippen molar-refractivity contribution >= 4 is 15.9 Å². The SMILES string of the molecule is COc1cc(C)c(S(=O)(=O)N2CCC[C@@H](c3ncc(C(=O)N(C)C)c(C)n3)C2)cc1C. The predicted octanol–water partition coefficient (Wildman–Crippen LogP) is 2.68. The summed E-state index contributed by atoms with van der Waals surface area (Å²) in [5.74, 6) is 0.979. The first-order valence-corrected chi connectivity index (χ1v) is 11.7. The van der Waals surface area contributed by atoms with Crippen LogP contribution < -0.4 is 4.74 Å². The van der Waals surface area contributed by atoms with E-state index in [-0.39, 0.29) is 11.8 Å². The van der Waals surface area contributed by atoms with Crippen LogP contribution in [0.5, 0.6) is 5.75 Å². The van der Waals surface area contributed by atoms with Gasteiger partial charge in [0.1, 0.15) is 11.6 Å². The molecule has 31 heavy (non-hydrogen) atoms. The van der Waals surface area contributed by atoms with Gasteiger partial charge in [-0.25, -0.2) is 18.4 Å². The third-order valence-corrected chi connectivity index (χ3v) is 7.70. The molecule has 0 unspecified atom stereocenters. The highest BCUT2D eigenvalue weighted by Crippen LogP contribution is 2.32. The summed E-state index contributed by atoms with van der Waals surface area (Å²) in [5.41, 5.74) is 2.49. The first-order valence-electron chi connectivity index (χ1n) is 10.3. The third kappa shape index (κ3) is 4.57. The van der Waals surface area contributed by atoms with Gasteiger partial charge in [-0.3, -0.25) is 4.79 Å². The number of rotatable bonds is 5. The standard InChI is InChI=1S/C22H30N4O4S/c1-14-11-20(15(2)10-19(14)30-6)31(28,29)26-9-7-8-17(13-26)21-23-12-18(16(3)24-21)22(27)25(4)5/h10-12,17H,7-9,13H2,1-6H3/t17-/m1/s1. The smallest absolute Gasteiger partial charge is 0.256 e. The molecule has 1 atom stereocenters. The normalized spacial score (nSPS) is 17.4. The molecule has 0 aliphatic carbocycles. The van der Waals surface area contributed by atoms with E-state index in [0.717, 1.165) is 18.4 Å². The topological polar surface area (TPSA) is 92.7 Å². The van der Waals surface area contributed by atoms with Crippen LogP contribution in [0.25, 0.3) is 0 Å². The van der Waals surface area contributed by atoms with Gasteiger partial charge in [0.2, 0.25) is 10.0 Å². The van der Waals surface area contributed by atoms with E-state index in [4.69, 9.17) is 4.74 Å². The van der Waals surface area contributed by atoms with Gasteiger partial charge in [0.15, 0.2) is 0 Å². The lowest BCUT2D eigenvalue weighted by Crippen LogP contribution is -2.39. The number of piperidine rings is 1. The van der Waals surface area contributed by atoms with E-state index in [2.05, 4.69) is 9.97 Å².